The lowest BCUT2D eigenvalue weighted by Gasteiger charge is -2.22. The summed E-state index contributed by atoms with van der Waals surface area (Å²) in [6, 6.07) is 13.1. The lowest BCUT2D eigenvalue weighted by atomic mass is 10.1. The van der Waals surface area contributed by atoms with Crippen molar-refractivity contribution in [2.75, 3.05) is 20.8 Å². The van der Waals surface area contributed by atoms with Gasteiger partial charge in [0, 0.05) is 18.1 Å². The Morgan fingerprint density at radius 3 is 2.21 bits per heavy atom. The van der Waals surface area contributed by atoms with Crippen LogP contribution in [-0.4, -0.2) is 31.6 Å². The van der Waals surface area contributed by atoms with Gasteiger partial charge in [0.25, 0.3) is 0 Å². The molecule has 0 bridgehead atoms. The Morgan fingerprint density at radius 1 is 1.00 bits per heavy atom. The summed E-state index contributed by atoms with van der Waals surface area (Å²) in [4.78, 5) is 14.4. The summed E-state index contributed by atoms with van der Waals surface area (Å²) >= 11 is 5.88. The summed E-state index contributed by atoms with van der Waals surface area (Å²) in [7, 11) is 3.20. The molecular formula is C19H22ClNO3. The zero-order chi connectivity index (χ0) is 17.5. The molecule has 2 aromatic carbocycles. The van der Waals surface area contributed by atoms with Crippen LogP contribution in [0.4, 0.5) is 0 Å². The van der Waals surface area contributed by atoms with Gasteiger partial charge >= 0.3 is 0 Å². The molecule has 5 heteroatoms. The second-order valence-corrected chi connectivity index (χ2v) is 5.84. The molecule has 0 aliphatic rings. The first-order chi connectivity index (χ1) is 11.6. The van der Waals surface area contributed by atoms with Crippen molar-refractivity contribution < 1.29 is 14.3 Å². The van der Waals surface area contributed by atoms with E-state index in [2.05, 4.69) is 0 Å². The maximum absolute atomic E-state index is 12.5. The normalized spacial score (nSPS) is 10.3. The zero-order valence-electron chi connectivity index (χ0n) is 14.2. The van der Waals surface area contributed by atoms with Crippen LogP contribution < -0.4 is 9.47 Å². The van der Waals surface area contributed by atoms with Crippen molar-refractivity contribution in [2.24, 2.45) is 0 Å². The van der Waals surface area contributed by atoms with Gasteiger partial charge in [0.1, 0.15) is 0 Å². The number of halogens is 1. The Labute approximate surface area is 147 Å². The van der Waals surface area contributed by atoms with Gasteiger partial charge in [0.15, 0.2) is 11.5 Å². The second-order valence-electron chi connectivity index (χ2n) is 5.40. The predicted octanol–water partition coefficient (Wildman–Crippen LogP) is 3.95. The van der Waals surface area contributed by atoms with Gasteiger partial charge in [0.05, 0.1) is 20.6 Å². The number of benzene rings is 2. The van der Waals surface area contributed by atoms with Crippen molar-refractivity contribution in [1.29, 1.82) is 0 Å². The van der Waals surface area contributed by atoms with Gasteiger partial charge in [-0.1, -0.05) is 29.8 Å². The van der Waals surface area contributed by atoms with E-state index in [-0.39, 0.29) is 5.91 Å². The molecule has 1 amide bonds. The van der Waals surface area contributed by atoms with Gasteiger partial charge in [-0.25, -0.2) is 0 Å². The second kappa shape index (κ2) is 8.60. The van der Waals surface area contributed by atoms with Gasteiger partial charge in [-0.2, -0.15) is 0 Å². The molecule has 0 aliphatic carbocycles. The lowest BCUT2D eigenvalue weighted by Crippen LogP contribution is -2.31. The SMILES string of the molecule is CCN(Cc1ccc(OC)c(OC)c1)C(=O)Cc1ccc(Cl)cc1. The first kappa shape index (κ1) is 18.1. The van der Waals surface area contributed by atoms with Crippen molar-refractivity contribution >= 4 is 17.5 Å². The zero-order valence-corrected chi connectivity index (χ0v) is 15.0. The lowest BCUT2D eigenvalue weighted by molar-refractivity contribution is -0.130. The highest BCUT2D eigenvalue weighted by Gasteiger charge is 2.14. The molecular weight excluding hydrogens is 326 g/mol. The Morgan fingerprint density at radius 2 is 1.62 bits per heavy atom. The molecule has 2 rings (SSSR count). The summed E-state index contributed by atoms with van der Waals surface area (Å²) in [6.07, 6.45) is 0.359. The highest BCUT2D eigenvalue weighted by molar-refractivity contribution is 6.30. The Kier molecular flexibility index (Phi) is 6.50. The third-order valence-corrected chi connectivity index (χ3v) is 4.08. The van der Waals surface area contributed by atoms with Crippen LogP contribution in [0.2, 0.25) is 5.02 Å². The number of amides is 1. The monoisotopic (exact) mass is 347 g/mol. The molecule has 0 unspecified atom stereocenters. The van der Waals surface area contributed by atoms with Crippen LogP contribution in [0.1, 0.15) is 18.1 Å². The number of carbonyl (C=O) groups excluding carboxylic acids is 1. The van der Waals surface area contributed by atoms with Crippen LogP contribution in [0.15, 0.2) is 42.5 Å². The summed E-state index contributed by atoms with van der Waals surface area (Å²) in [5, 5.41) is 0.670. The highest BCUT2D eigenvalue weighted by Crippen LogP contribution is 2.28. The Balaban J connectivity index is 2.08. The van der Waals surface area contributed by atoms with E-state index in [0.717, 1.165) is 11.1 Å². The van der Waals surface area contributed by atoms with Crippen LogP contribution in [0.3, 0.4) is 0 Å². The summed E-state index contributed by atoms with van der Waals surface area (Å²) < 4.78 is 10.6. The topological polar surface area (TPSA) is 38.8 Å². The molecule has 0 spiro atoms. The predicted molar refractivity (Wildman–Crippen MR) is 95.8 cm³/mol. The van der Waals surface area contributed by atoms with Crippen molar-refractivity contribution in [1.82, 2.24) is 4.90 Å². The molecule has 4 nitrogen and oxygen atoms in total. The van der Waals surface area contributed by atoms with Crippen LogP contribution >= 0.6 is 11.6 Å². The minimum absolute atomic E-state index is 0.0783. The molecule has 0 atom stereocenters. The average Bonchev–Trinajstić information content (AvgIpc) is 2.61. The molecule has 0 N–H and O–H groups in total. The maximum atomic E-state index is 12.5. The number of methoxy groups -OCH3 is 2. The summed E-state index contributed by atoms with van der Waals surface area (Å²) in [5.41, 5.74) is 1.95. The maximum Gasteiger partial charge on any atom is 0.227 e. The molecule has 0 aromatic heterocycles. The molecule has 2 aromatic rings. The third-order valence-electron chi connectivity index (χ3n) is 3.82. The Bertz CT molecular complexity index is 686. The van der Waals surface area contributed by atoms with E-state index in [9.17, 15) is 4.79 Å². The number of likely N-dealkylation sites (N-methyl/N-ethyl adjacent to an activating group) is 1. The fourth-order valence-electron chi connectivity index (χ4n) is 2.46. The van der Waals surface area contributed by atoms with Crippen molar-refractivity contribution in [2.45, 2.75) is 19.9 Å². The molecule has 0 aliphatic heterocycles. The van der Waals surface area contributed by atoms with E-state index in [0.29, 0.717) is 36.0 Å². The number of rotatable bonds is 7. The van der Waals surface area contributed by atoms with E-state index in [1.54, 1.807) is 26.4 Å². The van der Waals surface area contributed by atoms with E-state index < -0.39 is 0 Å². The van der Waals surface area contributed by atoms with Gasteiger partial charge < -0.3 is 14.4 Å². The van der Waals surface area contributed by atoms with Gasteiger partial charge in [-0.15, -0.1) is 0 Å². The van der Waals surface area contributed by atoms with Crippen molar-refractivity contribution in [3.63, 3.8) is 0 Å². The van der Waals surface area contributed by atoms with Crippen LogP contribution in [0.25, 0.3) is 0 Å². The molecule has 0 fully saturated rings. The van der Waals surface area contributed by atoms with Crippen LogP contribution in [-0.2, 0) is 17.8 Å². The van der Waals surface area contributed by atoms with Gasteiger partial charge in [-0.05, 0) is 42.3 Å². The number of carbonyl (C=O) groups is 1. The first-order valence-electron chi connectivity index (χ1n) is 7.80. The first-order valence-corrected chi connectivity index (χ1v) is 8.18. The van der Waals surface area contributed by atoms with E-state index in [1.807, 2.05) is 42.2 Å². The van der Waals surface area contributed by atoms with Crippen molar-refractivity contribution in [3.8, 4) is 11.5 Å². The van der Waals surface area contributed by atoms with E-state index in [4.69, 9.17) is 21.1 Å². The van der Waals surface area contributed by atoms with Gasteiger partial charge in [-0.3, -0.25) is 4.79 Å². The minimum atomic E-state index is 0.0783. The van der Waals surface area contributed by atoms with Crippen LogP contribution in [0.5, 0.6) is 11.5 Å². The fourth-order valence-corrected chi connectivity index (χ4v) is 2.59. The quantitative estimate of drug-likeness (QED) is 0.761. The number of nitrogens with zero attached hydrogens (tertiary/aromatic N) is 1. The number of hydrogen-bond donors (Lipinski definition) is 0. The smallest absolute Gasteiger partial charge is 0.227 e. The van der Waals surface area contributed by atoms with E-state index >= 15 is 0 Å². The highest BCUT2D eigenvalue weighted by atomic mass is 35.5. The molecule has 128 valence electrons. The fraction of sp³-hybridized carbons (Fsp3) is 0.316. The van der Waals surface area contributed by atoms with Gasteiger partial charge in [0.2, 0.25) is 5.91 Å². The molecule has 0 heterocycles. The largest absolute Gasteiger partial charge is 0.493 e. The molecule has 0 saturated heterocycles. The standard InChI is InChI=1S/C19H22ClNO3/c1-4-21(19(22)12-14-5-8-16(20)9-6-14)13-15-7-10-17(23-2)18(11-15)24-3/h5-11H,4,12-13H2,1-3H3. The molecule has 24 heavy (non-hydrogen) atoms. The third kappa shape index (κ3) is 4.65. The molecule has 0 saturated carbocycles. The van der Waals surface area contributed by atoms with Crippen molar-refractivity contribution in [3.05, 3.63) is 58.6 Å². The Hall–Kier alpha value is -2.20. The summed E-state index contributed by atoms with van der Waals surface area (Å²) in [5.74, 6) is 1.42. The summed E-state index contributed by atoms with van der Waals surface area (Å²) in [6.45, 7) is 3.14. The molecule has 0 radical (unpaired) electrons. The number of hydrogen-bond acceptors (Lipinski definition) is 3. The number of ether oxygens (including phenoxy) is 2. The van der Waals surface area contributed by atoms with Crippen LogP contribution in [0, 0.1) is 0 Å². The average molecular weight is 348 g/mol. The van der Waals surface area contributed by atoms with E-state index in [1.165, 1.54) is 0 Å². The minimum Gasteiger partial charge on any atom is -0.493 e.